The molecule has 1 saturated heterocycles. The summed E-state index contributed by atoms with van der Waals surface area (Å²) in [6.45, 7) is 5.66. The molecule has 2 fully saturated rings. The second-order valence-corrected chi connectivity index (χ2v) is 8.11. The van der Waals surface area contributed by atoms with Crippen LogP contribution in [0.15, 0.2) is 24.3 Å². The average Bonchev–Trinajstić information content (AvgIpc) is 3.27. The molecule has 2 heterocycles. The lowest BCUT2D eigenvalue weighted by atomic mass is 9.98. The minimum Gasteiger partial charge on any atom is -0.342 e. The number of benzene rings is 1. The standard InChI is InChI=1S/C20H25ClN4O.ClH/c1-12-17(13(2)25(23-12)16-6-4-15(21)5-7-16)9-20(26)24-10-14-3-8-19(22)18(14)11-24;/h4-7,14,18-19H,3,8-11,22H2,1-2H3;1H. The normalized spacial score (nSPS) is 24.0. The molecule has 2 aromatic rings. The second kappa shape index (κ2) is 7.82. The lowest BCUT2D eigenvalue weighted by Gasteiger charge is -2.19. The van der Waals surface area contributed by atoms with Crippen molar-refractivity contribution in [2.24, 2.45) is 17.6 Å². The van der Waals surface area contributed by atoms with Gasteiger partial charge in [-0.3, -0.25) is 4.79 Å². The number of aryl methyl sites for hydroxylation is 1. The van der Waals surface area contributed by atoms with Crippen molar-refractivity contribution >= 4 is 29.9 Å². The maximum Gasteiger partial charge on any atom is 0.227 e. The summed E-state index contributed by atoms with van der Waals surface area (Å²) in [7, 11) is 0. The summed E-state index contributed by atoms with van der Waals surface area (Å²) in [5, 5.41) is 5.34. The van der Waals surface area contributed by atoms with Crippen molar-refractivity contribution in [1.29, 1.82) is 0 Å². The molecule has 0 spiro atoms. The minimum atomic E-state index is 0. The average molecular weight is 409 g/mol. The van der Waals surface area contributed by atoms with Crippen LogP contribution in [-0.2, 0) is 11.2 Å². The summed E-state index contributed by atoms with van der Waals surface area (Å²) in [6, 6.07) is 7.84. The van der Waals surface area contributed by atoms with Gasteiger partial charge in [0.2, 0.25) is 5.91 Å². The highest BCUT2D eigenvalue weighted by Crippen LogP contribution is 2.37. The Morgan fingerprint density at radius 3 is 2.59 bits per heavy atom. The van der Waals surface area contributed by atoms with E-state index in [9.17, 15) is 4.79 Å². The zero-order valence-corrected chi connectivity index (χ0v) is 17.3. The van der Waals surface area contributed by atoms with E-state index >= 15 is 0 Å². The molecule has 4 rings (SSSR count). The van der Waals surface area contributed by atoms with Gasteiger partial charge in [0, 0.05) is 35.4 Å². The van der Waals surface area contributed by atoms with E-state index in [4.69, 9.17) is 17.3 Å². The van der Waals surface area contributed by atoms with Crippen molar-refractivity contribution < 1.29 is 4.79 Å². The highest BCUT2D eigenvalue weighted by atomic mass is 35.5. The SMILES string of the molecule is Cc1nn(-c2ccc(Cl)cc2)c(C)c1CC(=O)N1CC2CCC(N)C2C1.Cl. The van der Waals surface area contributed by atoms with E-state index in [0.29, 0.717) is 23.3 Å². The molecule has 2 aliphatic rings. The van der Waals surface area contributed by atoms with Gasteiger partial charge in [0.15, 0.2) is 0 Å². The first-order valence-electron chi connectivity index (χ1n) is 9.28. The van der Waals surface area contributed by atoms with Crippen molar-refractivity contribution in [1.82, 2.24) is 14.7 Å². The Kier molecular flexibility index (Phi) is 5.84. The van der Waals surface area contributed by atoms with Crippen LogP contribution in [0.25, 0.3) is 5.69 Å². The van der Waals surface area contributed by atoms with E-state index < -0.39 is 0 Å². The monoisotopic (exact) mass is 408 g/mol. The number of amides is 1. The summed E-state index contributed by atoms with van der Waals surface area (Å²) < 4.78 is 1.89. The first-order valence-corrected chi connectivity index (χ1v) is 9.66. The summed E-state index contributed by atoms with van der Waals surface area (Å²) >= 11 is 5.98. The largest absolute Gasteiger partial charge is 0.342 e. The topological polar surface area (TPSA) is 64.2 Å². The molecule has 3 atom stereocenters. The molecule has 27 heavy (non-hydrogen) atoms. The van der Waals surface area contributed by atoms with E-state index in [1.807, 2.05) is 47.7 Å². The molecule has 1 aliphatic heterocycles. The van der Waals surface area contributed by atoms with Gasteiger partial charge in [0.05, 0.1) is 17.8 Å². The Balaban J connectivity index is 0.00000210. The Morgan fingerprint density at radius 1 is 1.22 bits per heavy atom. The van der Waals surface area contributed by atoms with Crippen LogP contribution in [0.2, 0.25) is 5.02 Å². The van der Waals surface area contributed by atoms with Crippen molar-refractivity contribution in [2.75, 3.05) is 13.1 Å². The van der Waals surface area contributed by atoms with Gasteiger partial charge >= 0.3 is 0 Å². The zero-order valence-electron chi connectivity index (χ0n) is 15.7. The molecular formula is C20H26Cl2N4O. The lowest BCUT2D eigenvalue weighted by molar-refractivity contribution is -0.129. The van der Waals surface area contributed by atoms with Crippen molar-refractivity contribution in [3.63, 3.8) is 0 Å². The van der Waals surface area contributed by atoms with Crippen LogP contribution >= 0.6 is 24.0 Å². The highest BCUT2D eigenvalue weighted by molar-refractivity contribution is 6.30. The number of rotatable bonds is 3. The molecule has 7 heteroatoms. The molecule has 1 aromatic heterocycles. The predicted molar refractivity (Wildman–Crippen MR) is 110 cm³/mol. The number of hydrogen-bond acceptors (Lipinski definition) is 3. The Morgan fingerprint density at radius 2 is 1.93 bits per heavy atom. The second-order valence-electron chi connectivity index (χ2n) is 7.68. The van der Waals surface area contributed by atoms with E-state index in [-0.39, 0.29) is 24.4 Å². The van der Waals surface area contributed by atoms with Gasteiger partial charge in [-0.05, 0) is 62.8 Å². The molecule has 0 bridgehead atoms. The van der Waals surface area contributed by atoms with Gasteiger partial charge in [-0.1, -0.05) is 11.6 Å². The molecule has 1 aromatic carbocycles. The summed E-state index contributed by atoms with van der Waals surface area (Å²) in [5.41, 5.74) is 10.1. The third-order valence-corrected chi connectivity index (χ3v) is 6.36. The number of carbonyl (C=O) groups excluding carboxylic acids is 1. The van der Waals surface area contributed by atoms with Crippen LogP contribution in [0.3, 0.4) is 0 Å². The summed E-state index contributed by atoms with van der Waals surface area (Å²) in [5.74, 6) is 1.26. The van der Waals surface area contributed by atoms with Crippen LogP contribution in [0.4, 0.5) is 0 Å². The Bertz CT molecular complexity index is 833. The lowest BCUT2D eigenvalue weighted by Crippen LogP contribution is -2.34. The maximum atomic E-state index is 12.9. The molecule has 1 aliphatic carbocycles. The van der Waals surface area contributed by atoms with Crippen LogP contribution in [0.1, 0.15) is 29.8 Å². The number of fused-ring (bicyclic) bond motifs is 1. The van der Waals surface area contributed by atoms with Crippen molar-refractivity contribution in [3.8, 4) is 5.69 Å². The van der Waals surface area contributed by atoms with E-state index in [1.54, 1.807) is 0 Å². The molecular weight excluding hydrogens is 383 g/mol. The number of aromatic nitrogens is 2. The van der Waals surface area contributed by atoms with E-state index in [1.165, 1.54) is 0 Å². The van der Waals surface area contributed by atoms with Crippen LogP contribution < -0.4 is 5.73 Å². The first kappa shape index (κ1) is 20.2. The molecule has 2 N–H and O–H groups in total. The Labute approximate surface area is 171 Å². The molecule has 0 radical (unpaired) electrons. The van der Waals surface area contributed by atoms with Crippen molar-refractivity contribution in [3.05, 3.63) is 46.2 Å². The smallest absolute Gasteiger partial charge is 0.227 e. The quantitative estimate of drug-likeness (QED) is 0.846. The fraction of sp³-hybridized carbons (Fsp3) is 0.500. The molecule has 5 nitrogen and oxygen atoms in total. The maximum absolute atomic E-state index is 12.9. The van der Waals surface area contributed by atoms with Crippen LogP contribution in [0, 0.1) is 25.7 Å². The van der Waals surface area contributed by atoms with Gasteiger partial charge in [-0.15, -0.1) is 12.4 Å². The number of nitrogens with two attached hydrogens (primary N) is 1. The van der Waals surface area contributed by atoms with Gasteiger partial charge < -0.3 is 10.6 Å². The molecule has 3 unspecified atom stereocenters. The predicted octanol–water partition coefficient (Wildman–Crippen LogP) is 3.30. The van der Waals surface area contributed by atoms with Gasteiger partial charge in [0.25, 0.3) is 0 Å². The summed E-state index contributed by atoms with van der Waals surface area (Å²) in [4.78, 5) is 14.9. The molecule has 146 valence electrons. The molecule has 1 saturated carbocycles. The number of likely N-dealkylation sites (tertiary alicyclic amines) is 1. The van der Waals surface area contributed by atoms with Gasteiger partial charge in [0.1, 0.15) is 0 Å². The highest BCUT2D eigenvalue weighted by Gasteiger charge is 2.42. The third-order valence-electron chi connectivity index (χ3n) is 6.11. The number of nitrogens with zero attached hydrogens (tertiary/aromatic N) is 3. The summed E-state index contributed by atoms with van der Waals surface area (Å²) in [6.07, 6.45) is 2.66. The fourth-order valence-corrected chi connectivity index (χ4v) is 4.66. The zero-order chi connectivity index (χ0) is 18.4. The van der Waals surface area contributed by atoms with Crippen LogP contribution in [0.5, 0.6) is 0 Å². The van der Waals surface area contributed by atoms with E-state index in [2.05, 4.69) is 5.10 Å². The van der Waals surface area contributed by atoms with Gasteiger partial charge in [-0.2, -0.15) is 5.10 Å². The van der Waals surface area contributed by atoms with E-state index in [0.717, 1.165) is 48.6 Å². The number of hydrogen-bond donors (Lipinski definition) is 1. The minimum absolute atomic E-state index is 0. The first-order chi connectivity index (χ1) is 12.4. The van der Waals surface area contributed by atoms with Gasteiger partial charge in [-0.25, -0.2) is 4.68 Å². The van der Waals surface area contributed by atoms with Crippen LogP contribution in [-0.4, -0.2) is 39.7 Å². The Hall–Kier alpha value is -1.56. The fourth-order valence-electron chi connectivity index (χ4n) is 4.54. The number of carbonyl (C=O) groups is 1. The van der Waals surface area contributed by atoms with Crippen molar-refractivity contribution in [2.45, 2.75) is 39.2 Å². The number of halogens is 2. The molecule has 1 amide bonds. The third kappa shape index (κ3) is 3.73.